The van der Waals surface area contributed by atoms with Crippen LogP contribution in [0.25, 0.3) is 11.5 Å². The van der Waals surface area contributed by atoms with Crippen molar-refractivity contribution in [2.45, 2.75) is 12.1 Å². The number of esters is 1. The lowest BCUT2D eigenvalue weighted by Gasteiger charge is -1.98. The maximum atomic E-state index is 11.4. The summed E-state index contributed by atoms with van der Waals surface area (Å²) in [6.45, 7) is 1.82. The number of benzene rings is 1. The topological polar surface area (TPSA) is 82.3 Å². The van der Waals surface area contributed by atoms with E-state index in [1.54, 1.807) is 6.92 Å². The van der Waals surface area contributed by atoms with Gasteiger partial charge in [0.05, 0.1) is 12.4 Å². The molecule has 6 nitrogen and oxygen atoms in total. The number of ketones is 1. The van der Waals surface area contributed by atoms with Crippen molar-refractivity contribution in [2.75, 3.05) is 12.4 Å². The third kappa shape index (κ3) is 3.67. The summed E-state index contributed by atoms with van der Waals surface area (Å²) in [5, 5.41) is 7.93. The Morgan fingerprint density at radius 2 is 2.00 bits per heavy atom. The zero-order valence-electron chi connectivity index (χ0n) is 10.7. The van der Waals surface area contributed by atoms with E-state index in [9.17, 15) is 9.59 Å². The summed E-state index contributed by atoms with van der Waals surface area (Å²) in [5.74, 6) is -1.19. The molecule has 7 heteroatoms. The van der Waals surface area contributed by atoms with E-state index in [-0.39, 0.29) is 17.6 Å². The number of thioether (sulfide) groups is 1. The molecule has 2 rings (SSSR count). The number of ether oxygens (including phenoxy) is 1. The number of aromatic nitrogens is 2. The molecule has 104 valence electrons. The number of carbonyl (C=O) groups excluding carboxylic acids is 2. The fraction of sp³-hybridized carbons (Fsp3) is 0.231. The van der Waals surface area contributed by atoms with Gasteiger partial charge in [-0.2, -0.15) is 0 Å². The molecule has 0 aliphatic rings. The Labute approximate surface area is 119 Å². The van der Waals surface area contributed by atoms with Crippen LogP contribution in [0.2, 0.25) is 0 Å². The van der Waals surface area contributed by atoms with E-state index in [1.165, 1.54) is 0 Å². The molecule has 0 saturated carbocycles. The third-order valence-corrected chi connectivity index (χ3v) is 3.08. The monoisotopic (exact) mass is 292 g/mol. The van der Waals surface area contributed by atoms with Crippen LogP contribution in [-0.4, -0.2) is 34.3 Å². The minimum atomic E-state index is -0.845. The van der Waals surface area contributed by atoms with Gasteiger partial charge >= 0.3 is 5.97 Å². The Morgan fingerprint density at radius 3 is 2.70 bits per heavy atom. The summed E-state index contributed by atoms with van der Waals surface area (Å²) in [4.78, 5) is 22.5. The SMILES string of the molecule is CCOC(=O)C(=O)CSc1nnc(-c2ccccc2)o1. The van der Waals surface area contributed by atoms with Crippen molar-refractivity contribution in [3.63, 3.8) is 0 Å². The van der Waals surface area contributed by atoms with Gasteiger partial charge in [0.1, 0.15) is 0 Å². The molecule has 0 aliphatic carbocycles. The summed E-state index contributed by atoms with van der Waals surface area (Å²) < 4.78 is 9.99. The number of carbonyl (C=O) groups is 2. The summed E-state index contributed by atoms with van der Waals surface area (Å²) in [6, 6.07) is 9.28. The molecule has 0 fully saturated rings. The Bertz CT molecular complexity index is 597. The van der Waals surface area contributed by atoms with Gasteiger partial charge < -0.3 is 9.15 Å². The second-order valence-electron chi connectivity index (χ2n) is 3.67. The lowest BCUT2D eigenvalue weighted by atomic mass is 10.2. The van der Waals surface area contributed by atoms with E-state index in [2.05, 4.69) is 14.9 Å². The second kappa shape index (κ2) is 6.85. The first-order valence-electron chi connectivity index (χ1n) is 5.92. The van der Waals surface area contributed by atoms with Crippen molar-refractivity contribution in [3.05, 3.63) is 30.3 Å². The molecule has 0 radical (unpaired) electrons. The quantitative estimate of drug-likeness (QED) is 0.457. The number of hydrogen-bond acceptors (Lipinski definition) is 7. The van der Waals surface area contributed by atoms with E-state index in [4.69, 9.17) is 4.42 Å². The molecule has 20 heavy (non-hydrogen) atoms. The van der Waals surface area contributed by atoms with Gasteiger partial charge in [-0.05, 0) is 19.1 Å². The van der Waals surface area contributed by atoms with Crippen LogP contribution in [0.1, 0.15) is 6.92 Å². The Balaban J connectivity index is 1.94. The maximum Gasteiger partial charge on any atom is 0.375 e. The van der Waals surface area contributed by atoms with Crippen LogP contribution in [-0.2, 0) is 14.3 Å². The molecule has 1 aromatic carbocycles. The highest BCUT2D eigenvalue weighted by Gasteiger charge is 2.17. The van der Waals surface area contributed by atoms with Crippen molar-refractivity contribution in [1.82, 2.24) is 10.2 Å². The zero-order valence-corrected chi connectivity index (χ0v) is 11.6. The zero-order chi connectivity index (χ0) is 14.4. The normalized spacial score (nSPS) is 10.2. The standard InChI is InChI=1S/C13H12N2O4S/c1-2-18-12(17)10(16)8-20-13-15-14-11(19-13)9-6-4-3-5-7-9/h3-7H,2,8H2,1H3. The summed E-state index contributed by atoms with van der Waals surface area (Å²) in [7, 11) is 0. The minimum absolute atomic E-state index is 0.0880. The van der Waals surface area contributed by atoms with Gasteiger partial charge in [-0.25, -0.2) is 4.79 Å². The van der Waals surface area contributed by atoms with Crippen molar-refractivity contribution < 1.29 is 18.7 Å². The number of nitrogens with zero attached hydrogens (tertiary/aromatic N) is 2. The summed E-state index contributed by atoms with van der Waals surface area (Å²) >= 11 is 1.01. The Morgan fingerprint density at radius 1 is 1.25 bits per heavy atom. The van der Waals surface area contributed by atoms with Crippen molar-refractivity contribution >= 4 is 23.5 Å². The summed E-state index contributed by atoms with van der Waals surface area (Å²) in [5.41, 5.74) is 0.795. The van der Waals surface area contributed by atoms with Crippen LogP contribution in [0, 0.1) is 0 Å². The van der Waals surface area contributed by atoms with E-state index >= 15 is 0 Å². The maximum absolute atomic E-state index is 11.4. The molecule has 0 unspecified atom stereocenters. The third-order valence-electron chi connectivity index (χ3n) is 2.26. The largest absolute Gasteiger partial charge is 0.460 e. The van der Waals surface area contributed by atoms with Crippen molar-refractivity contribution in [1.29, 1.82) is 0 Å². The van der Waals surface area contributed by atoms with Crippen molar-refractivity contribution in [2.24, 2.45) is 0 Å². The first kappa shape index (κ1) is 14.3. The van der Waals surface area contributed by atoms with Gasteiger partial charge in [0.15, 0.2) is 0 Å². The lowest BCUT2D eigenvalue weighted by molar-refractivity contribution is -0.152. The fourth-order valence-electron chi connectivity index (χ4n) is 1.36. The lowest BCUT2D eigenvalue weighted by Crippen LogP contribution is -2.19. The molecule has 0 atom stereocenters. The van der Waals surface area contributed by atoms with E-state index in [0.717, 1.165) is 17.3 Å². The highest BCUT2D eigenvalue weighted by Crippen LogP contribution is 2.22. The predicted octanol–water partition coefficient (Wildman–Crippen LogP) is 1.96. The Kier molecular flexibility index (Phi) is 4.89. The molecule has 0 N–H and O–H groups in total. The average molecular weight is 292 g/mol. The van der Waals surface area contributed by atoms with E-state index in [0.29, 0.717) is 5.89 Å². The second-order valence-corrected chi connectivity index (χ2v) is 4.60. The number of Topliss-reactive ketones (excluding diaryl/α,β-unsaturated/α-hetero) is 1. The van der Waals surface area contributed by atoms with E-state index < -0.39 is 11.8 Å². The molecule has 0 spiro atoms. The summed E-state index contributed by atoms with van der Waals surface area (Å²) in [6.07, 6.45) is 0. The molecule has 1 aromatic heterocycles. The van der Waals surface area contributed by atoms with Crippen LogP contribution >= 0.6 is 11.8 Å². The average Bonchev–Trinajstić information content (AvgIpc) is 2.95. The van der Waals surface area contributed by atoms with Gasteiger partial charge in [-0.3, -0.25) is 4.79 Å². The first-order valence-corrected chi connectivity index (χ1v) is 6.91. The minimum Gasteiger partial charge on any atom is -0.460 e. The molecular formula is C13H12N2O4S. The molecule has 0 aliphatic heterocycles. The van der Waals surface area contributed by atoms with Crippen LogP contribution in [0.5, 0.6) is 0 Å². The van der Waals surface area contributed by atoms with Gasteiger partial charge in [0.2, 0.25) is 11.7 Å². The van der Waals surface area contributed by atoms with Crippen LogP contribution in [0.15, 0.2) is 40.0 Å². The molecular weight excluding hydrogens is 280 g/mol. The van der Waals surface area contributed by atoms with E-state index in [1.807, 2.05) is 30.3 Å². The smallest absolute Gasteiger partial charge is 0.375 e. The predicted molar refractivity (Wildman–Crippen MR) is 72.1 cm³/mol. The molecule has 0 bridgehead atoms. The number of rotatable bonds is 6. The molecule has 0 saturated heterocycles. The fourth-order valence-corrected chi connectivity index (χ4v) is 1.97. The van der Waals surface area contributed by atoms with Gasteiger partial charge in [0, 0.05) is 5.56 Å². The highest BCUT2D eigenvalue weighted by atomic mass is 32.2. The molecule has 1 heterocycles. The van der Waals surface area contributed by atoms with Crippen LogP contribution in [0.3, 0.4) is 0 Å². The van der Waals surface area contributed by atoms with Crippen LogP contribution < -0.4 is 0 Å². The first-order chi connectivity index (χ1) is 9.70. The Hall–Kier alpha value is -2.15. The van der Waals surface area contributed by atoms with Gasteiger partial charge in [-0.15, -0.1) is 10.2 Å². The van der Waals surface area contributed by atoms with Gasteiger partial charge in [0.25, 0.3) is 5.22 Å². The highest BCUT2D eigenvalue weighted by molar-refractivity contribution is 7.99. The molecule has 2 aromatic rings. The number of hydrogen-bond donors (Lipinski definition) is 0. The van der Waals surface area contributed by atoms with Crippen molar-refractivity contribution in [3.8, 4) is 11.5 Å². The van der Waals surface area contributed by atoms with Crippen LogP contribution in [0.4, 0.5) is 0 Å². The molecule has 0 amide bonds. The van der Waals surface area contributed by atoms with Gasteiger partial charge in [-0.1, -0.05) is 30.0 Å².